The van der Waals surface area contributed by atoms with Crippen LogP contribution >= 0.6 is 0 Å². The number of hydrogen-bond donors (Lipinski definition) is 2. The minimum absolute atomic E-state index is 0.127. The summed E-state index contributed by atoms with van der Waals surface area (Å²) in [5.74, 6) is 0.163. The number of nitrogens with one attached hydrogen (secondary N) is 1. The van der Waals surface area contributed by atoms with Gasteiger partial charge in [0.05, 0.1) is 0 Å². The van der Waals surface area contributed by atoms with E-state index in [1.807, 2.05) is 0 Å². The Morgan fingerprint density at radius 1 is 1.50 bits per heavy atom. The van der Waals surface area contributed by atoms with Crippen molar-refractivity contribution >= 4 is 5.97 Å². The normalized spacial score (nSPS) is 17.4. The third kappa shape index (κ3) is 1.92. The van der Waals surface area contributed by atoms with Crippen LogP contribution in [0.5, 0.6) is 0 Å². The zero-order chi connectivity index (χ0) is 9.97. The number of rotatable bonds is 3. The predicted molar refractivity (Wildman–Crippen MR) is 49.0 cm³/mol. The summed E-state index contributed by atoms with van der Waals surface area (Å²) in [6.45, 7) is 0. The number of carboxylic acid groups (broad SMARTS) is 1. The predicted octanol–water partition coefficient (Wildman–Crippen LogP) is 1.24. The summed E-state index contributed by atoms with van der Waals surface area (Å²) < 4.78 is 0. The molecular formula is C9H13N3O2. The molecule has 76 valence electrons. The van der Waals surface area contributed by atoms with Gasteiger partial charge in [-0.1, -0.05) is 25.7 Å². The van der Waals surface area contributed by atoms with E-state index in [-0.39, 0.29) is 5.82 Å². The van der Waals surface area contributed by atoms with Crippen LogP contribution in [-0.4, -0.2) is 26.3 Å². The van der Waals surface area contributed by atoms with Crippen LogP contribution in [0.4, 0.5) is 0 Å². The molecule has 1 heterocycles. The van der Waals surface area contributed by atoms with E-state index >= 15 is 0 Å². The Labute approximate surface area is 81.6 Å². The van der Waals surface area contributed by atoms with E-state index in [4.69, 9.17) is 5.11 Å². The van der Waals surface area contributed by atoms with Crippen LogP contribution < -0.4 is 0 Å². The maximum absolute atomic E-state index is 10.5. The minimum Gasteiger partial charge on any atom is -0.475 e. The molecule has 5 heteroatoms. The Bertz CT molecular complexity index is 329. The molecular weight excluding hydrogens is 182 g/mol. The molecule has 0 aromatic carbocycles. The van der Waals surface area contributed by atoms with Gasteiger partial charge >= 0.3 is 5.97 Å². The Balaban J connectivity index is 1.98. The van der Waals surface area contributed by atoms with Gasteiger partial charge in [0.1, 0.15) is 5.82 Å². The maximum atomic E-state index is 10.5. The van der Waals surface area contributed by atoms with Crippen molar-refractivity contribution in [2.45, 2.75) is 32.1 Å². The average Bonchev–Trinajstić information content (AvgIpc) is 2.75. The molecule has 0 amide bonds. The first kappa shape index (κ1) is 9.18. The monoisotopic (exact) mass is 195 g/mol. The number of aromatic carboxylic acids is 1. The molecule has 1 aromatic rings. The number of nitrogens with zero attached hydrogens (tertiary/aromatic N) is 2. The molecule has 0 spiro atoms. The lowest BCUT2D eigenvalue weighted by molar-refractivity contribution is 0.0684. The molecule has 0 atom stereocenters. The Hall–Kier alpha value is -1.39. The summed E-state index contributed by atoms with van der Waals surface area (Å²) in [6, 6.07) is 0. The van der Waals surface area contributed by atoms with Gasteiger partial charge in [0.2, 0.25) is 0 Å². The van der Waals surface area contributed by atoms with E-state index in [0.29, 0.717) is 11.7 Å². The van der Waals surface area contributed by atoms with Crippen molar-refractivity contribution in [3.8, 4) is 0 Å². The molecule has 2 rings (SSSR count). The third-order valence-corrected chi connectivity index (χ3v) is 2.68. The molecule has 0 aliphatic heterocycles. The molecule has 0 radical (unpaired) electrons. The van der Waals surface area contributed by atoms with Crippen molar-refractivity contribution < 1.29 is 9.90 Å². The molecule has 0 saturated heterocycles. The molecule has 1 aliphatic rings. The first-order chi connectivity index (χ1) is 6.75. The number of hydrogen-bond acceptors (Lipinski definition) is 3. The number of carboxylic acids is 1. The summed E-state index contributed by atoms with van der Waals surface area (Å²) in [5, 5.41) is 14.9. The Kier molecular flexibility index (Phi) is 2.47. The smallest absolute Gasteiger partial charge is 0.375 e. The van der Waals surface area contributed by atoms with Crippen molar-refractivity contribution in [3.05, 3.63) is 11.6 Å². The topological polar surface area (TPSA) is 78.9 Å². The number of carbonyl (C=O) groups is 1. The van der Waals surface area contributed by atoms with Crippen molar-refractivity contribution in [2.24, 2.45) is 5.92 Å². The van der Waals surface area contributed by atoms with Gasteiger partial charge in [-0.15, -0.1) is 5.10 Å². The van der Waals surface area contributed by atoms with E-state index in [0.717, 1.165) is 6.42 Å². The van der Waals surface area contributed by atoms with E-state index in [1.165, 1.54) is 25.7 Å². The Morgan fingerprint density at radius 3 is 2.79 bits per heavy atom. The van der Waals surface area contributed by atoms with Gasteiger partial charge in [0.25, 0.3) is 5.82 Å². The third-order valence-electron chi connectivity index (χ3n) is 2.68. The van der Waals surface area contributed by atoms with Crippen LogP contribution in [0.2, 0.25) is 0 Å². The van der Waals surface area contributed by atoms with Crippen LogP contribution in [0, 0.1) is 5.92 Å². The number of aromatic amines is 1. The first-order valence-electron chi connectivity index (χ1n) is 4.90. The first-order valence-corrected chi connectivity index (χ1v) is 4.90. The number of aromatic nitrogens is 3. The molecule has 5 nitrogen and oxygen atoms in total. The van der Waals surface area contributed by atoms with E-state index in [9.17, 15) is 4.79 Å². The lowest BCUT2D eigenvalue weighted by Gasteiger charge is -2.03. The largest absolute Gasteiger partial charge is 0.475 e. The van der Waals surface area contributed by atoms with Crippen LogP contribution in [0.15, 0.2) is 0 Å². The van der Waals surface area contributed by atoms with Crippen molar-refractivity contribution in [1.29, 1.82) is 0 Å². The molecule has 1 aliphatic carbocycles. The van der Waals surface area contributed by atoms with Crippen molar-refractivity contribution in [3.63, 3.8) is 0 Å². The van der Waals surface area contributed by atoms with Crippen LogP contribution in [0.3, 0.4) is 0 Å². The fraction of sp³-hybridized carbons (Fsp3) is 0.667. The molecule has 1 aromatic heterocycles. The summed E-state index contributed by atoms with van der Waals surface area (Å²) in [4.78, 5) is 14.4. The quantitative estimate of drug-likeness (QED) is 0.760. The second-order valence-electron chi connectivity index (χ2n) is 3.77. The molecule has 0 unspecified atom stereocenters. The zero-order valence-electron chi connectivity index (χ0n) is 7.86. The van der Waals surface area contributed by atoms with Gasteiger partial charge in [-0.25, -0.2) is 9.78 Å². The molecule has 2 N–H and O–H groups in total. The second kappa shape index (κ2) is 3.77. The SMILES string of the molecule is O=C(O)c1n[nH]c(CC2CCCC2)n1. The van der Waals surface area contributed by atoms with Gasteiger partial charge in [0, 0.05) is 6.42 Å². The van der Waals surface area contributed by atoms with Crippen molar-refractivity contribution in [2.75, 3.05) is 0 Å². The van der Waals surface area contributed by atoms with Crippen LogP contribution in [0.25, 0.3) is 0 Å². The fourth-order valence-corrected chi connectivity index (χ4v) is 1.97. The lowest BCUT2D eigenvalue weighted by atomic mass is 10.0. The fourth-order valence-electron chi connectivity index (χ4n) is 1.97. The van der Waals surface area contributed by atoms with Gasteiger partial charge in [-0.3, -0.25) is 5.10 Å². The van der Waals surface area contributed by atoms with Gasteiger partial charge in [-0.05, 0) is 5.92 Å². The average molecular weight is 195 g/mol. The van der Waals surface area contributed by atoms with E-state index < -0.39 is 5.97 Å². The summed E-state index contributed by atoms with van der Waals surface area (Å²) >= 11 is 0. The van der Waals surface area contributed by atoms with Crippen LogP contribution in [-0.2, 0) is 6.42 Å². The van der Waals surface area contributed by atoms with Crippen molar-refractivity contribution in [1.82, 2.24) is 15.2 Å². The second-order valence-corrected chi connectivity index (χ2v) is 3.77. The van der Waals surface area contributed by atoms with Crippen LogP contribution in [0.1, 0.15) is 42.1 Å². The highest BCUT2D eigenvalue weighted by Gasteiger charge is 2.18. The lowest BCUT2D eigenvalue weighted by Crippen LogP contribution is -2.02. The summed E-state index contributed by atoms with van der Waals surface area (Å²) in [6.07, 6.45) is 5.85. The van der Waals surface area contributed by atoms with Gasteiger partial charge in [0.15, 0.2) is 0 Å². The summed E-state index contributed by atoms with van der Waals surface area (Å²) in [5.41, 5.74) is 0. The van der Waals surface area contributed by atoms with Gasteiger partial charge < -0.3 is 5.11 Å². The Morgan fingerprint density at radius 2 is 2.21 bits per heavy atom. The number of H-pyrrole nitrogens is 1. The maximum Gasteiger partial charge on any atom is 0.375 e. The molecule has 1 fully saturated rings. The highest BCUT2D eigenvalue weighted by molar-refractivity contribution is 5.82. The molecule has 0 bridgehead atoms. The standard InChI is InChI=1S/C9H13N3O2/c13-9(14)8-10-7(11-12-8)5-6-3-1-2-4-6/h6H,1-5H2,(H,13,14)(H,10,11,12). The van der Waals surface area contributed by atoms with Gasteiger partial charge in [-0.2, -0.15) is 0 Å². The zero-order valence-corrected chi connectivity index (χ0v) is 7.86. The van der Waals surface area contributed by atoms with E-state index in [1.54, 1.807) is 0 Å². The minimum atomic E-state index is -1.07. The van der Waals surface area contributed by atoms with E-state index in [2.05, 4.69) is 15.2 Å². The molecule has 1 saturated carbocycles. The molecule has 14 heavy (non-hydrogen) atoms. The highest BCUT2D eigenvalue weighted by Crippen LogP contribution is 2.26. The highest BCUT2D eigenvalue weighted by atomic mass is 16.4. The summed E-state index contributed by atoms with van der Waals surface area (Å²) in [7, 11) is 0.